The second kappa shape index (κ2) is 6.43. The summed E-state index contributed by atoms with van der Waals surface area (Å²) in [7, 11) is 0. The largest absolute Gasteiger partial charge is 0.476 e. The first-order chi connectivity index (χ1) is 9.99. The van der Waals surface area contributed by atoms with Gasteiger partial charge in [0, 0.05) is 6.20 Å². The number of carboxylic acid groups (broad SMARTS) is 1. The van der Waals surface area contributed by atoms with Crippen LogP contribution in [0, 0.1) is 0 Å². The van der Waals surface area contributed by atoms with Crippen LogP contribution in [0.4, 0.5) is 16.2 Å². The first-order valence-corrected chi connectivity index (χ1v) is 6.45. The number of aromatic carboxylic acids is 1. The maximum atomic E-state index is 11.9. The fourth-order valence-electron chi connectivity index (χ4n) is 1.55. The summed E-state index contributed by atoms with van der Waals surface area (Å²) in [5.41, 5.74) is 0.118. The summed E-state index contributed by atoms with van der Waals surface area (Å²) in [6, 6.07) is 7.04. The molecule has 0 aliphatic rings. The van der Waals surface area contributed by atoms with Crippen molar-refractivity contribution >= 4 is 46.6 Å². The molecule has 0 atom stereocenters. The van der Waals surface area contributed by atoms with Gasteiger partial charge in [-0.1, -0.05) is 29.3 Å². The highest BCUT2D eigenvalue weighted by Crippen LogP contribution is 2.29. The molecule has 3 N–H and O–H groups in total. The number of halogens is 2. The molecule has 1 aromatic heterocycles. The van der Waals surface area contributed by atoms with Gasteiger partial charge in [-0.3, -0.25) is 0 Å². The maximum absolute atomic E-state index is 11.9. The third-order valence-corrected chi connectivity index (χ3v) is 3.28. The van der Waals surface area contributed by atoms with Gasteiger partial charge in [-0.25, -0.2) is 14.6 Å². The number of nitrogens with one attached hydrogen (secondary N) is 2. The van der Waals surface area contributed by atoms with Crippen molar-refractivity contribution in [2.75, 3.05) is 10.6 Å². The van der Waals surface area contributed by atoms with Crippen LogP contribution in [0.1, 0.15) is 10.5 Å². The topological polar surface area (TPSA) is 91.3 Å². The Balaban J connectivity index is 2.16. The van der Waals surface area contributed by atoms with Gasteiger partial charge in [0.2, 0.25) is 0 Å². The fraction of sp³-hybridized carbons (Fsp3) is 0. The van der Waals surface area contributed by atoms with Crippen molar-refractivity contribution < 1.29 is 14.7 Å². The van der Waals surface area contributed by atoms with Gasteiger partial charge in [0.25, 0.3) is 0 Å². The van der Waals surface area contributed by atoms with E-state index in [0.717, 1.165) is 0 Å². The molecule has 0 bridgehead atoms. The highest BCUT2D eigenvalue weighted by atomic mass is 35.5. The van der Waals surface area contributed by atoms with E-state index in [4.69, 9.17) is 28.3 Å². The number of urea groups is 1. The number of hydrogen-bond donors (Lipinski definition) is 3. The summed E-state index contributed by atoms with van der Waals surface area (Å²) in [6.07, 6.45) is 1.32. The SMILES string of the molecule is O=C(Nc1cccnc1C(=O)O)Nc1cccc(Cl)c1Cl. The van der Waals surface area contributed by atoms with E-state index in [0.29, 0.717) is 10.7 Å². The van der Waals surface area contributed by atoms with Crippen LogP contribution in [0.15, 0.2) is 36.5 Å². The standard InChI is InChI=1S/C13H9Cl2N3O3/c14-7-3-1-4-8(10(7)15)17-13(21)18-9-5-2-6-16-11(9)12(19)20/h1-6H,(H,19,20)(H2,17,18,21). The van der Waals surface area contributed by atoms with Crippen molar-refractivity contribution in [3.05, 3.63) is 52.3 Å². The number of hydrogen-bond acceptors (Lipinski definition) is 3. The molecule has 0 unspecified atom stereocenters. The van der Waals surface area contributed by atoms with Crippen molar-refractivity contribution in [2.45, 2.75) is 0 Å². The van der Waals surface area contributed by atoms with E-state index in [2.05, 4.69) is 15.6 Å². The van der Waals surface area contributed by atoms with Crippen molar-refractivity contribution in [2.24, 2.45) is 0 Å². The fourth-order valence-corrected chi connectivity index (χ4v) is 1.90. The number of carbonyl (C=O) groups excluding carboxylic acids is 1. The molecule has 2 rings (SSSR count). The Morgan fingerprint density at radius 1 is 1.05 bits per heavy atom. The number of rotatable bonds is 3. The van der Waals surface area contributed by atoms with Gasteiger partial charge >= 0.3 is 12.0 Å². The van der Waals surface area contributed by atoms with Gasteiger partial charge in [-0.05, 0) is 24.3 Å². The molecule has 0 saturated carbocycles. The molecule has 2 amide bonds. The van der Waals surface area contributed by atoms with Crippen LogP contribution >= 0.6 is 23.2 Å². The van der Waals surface area contributed by atoms with E-state index in [-0.39, 0.29) is 16.4 Å². The number of nitrogens with zero attached hydrogens (tertiary/aromatic N) is 1. The zero-order valence-corrected chi connectivity index (χ0v) is 11.9. The number of aromatic nitrogens is 1. The second-order valence-electron chi connectivity index (χ2n) is 3.89. The number of carbonyl (C=O) groups is 2. The molecular formula is C13H9Cl2N3O3. The van der Waals surface area contributed by atoms with E-state index in [1.165, 1.54) is 18.3 Å². The van der Waals surface area contributed by atoms with Crippen LogP contribution in [-0.2, 0) is 0 Å². The van der Waals surface area contributed by atoms with E-state index >= 15 is 0 Å². The minimum Gasteiger partial charge on any atom is -0.476 e. The number of carboxylic acids is 1. The van der Waals surface area contributed by atoms with Crippen LogP contribution in [0.25, 0.3) is 0 Å². The number of benzene rings is 1. The van der Waals surface area contributed by atoms with E-state index in [1.54, 1.807) is 18.2 Å². The molecule has 6 nitrogen and oxygen atoms in total. The molecule has 1 heterocycles. The summed E-state index contributed by atoms with van der Waals surface area (Å²) in [6.45, 7) is 0. The number of pyridine rings is 1. The Labute approximate surface area is 129 Å². The molecule has 2 aromatic rings. The van der Waals surface area contributed by atoms with Crippen LogP contribution in [0.5, 0.6) is 0 Å². The van der Waals surface area contributed by atoms with Gasteiger partial charge in [0.05, 0.1) is 21.4 Å². The third-order valence-electron chi connectivity index (χ3n) is 2.46. The summed E-state index contributed by atoms with van der Waals surface area (Å²) >= 11 is 11.8. The van der Waals surface area contributed by atoms with Gasteiger partial charge in [-0.2, -0.15) is 0 Å². The predicted octanol–water partition coefficient (Wildman–Crippen LogP) is 3.73. The maximum Gasteiger partial charge on any atom is 0.356 e. The third kappa shape index (κ3) is 3.62. The van der Waals surface area contributed by atoms with E-state index in [9.17, 15) is 9.59 Å². The van der Waals surface area contributed by atoms with Gasteiger partial charge in [0.15, 0.2) is 5.69 Å². The van der Waals surface area contributed by atoms with Crippen molar-refractivity contribution in [3.8, 4) is 0 Å². The van der Waals surface area contributed by atoms with Gasteiger partial charge < -0.3 is 15.7 Å². The second-order valence-corrected chi connectivity index (χ2v) is 4.67. The first kappa shape index (κ1) is 15.1. The summed E-state index contributed by atoms with van der Waals surface area (Å²) in [5.74, 6) is -1.24. The van der Waals surface area contributed by atoms with Gasteiger partial charge in [0.1, 0.15) is 0 Å². The lowest BCUT2D eigenvalue weighted by Crippen LogP contribution is -2.21. The first-order valence-electron chi connectivity index (χ1n) is 5.69. The molecule has 8 heteroatoms. The van der Waals surface area contributed by atoms with E-state index in [1.807, 2.05) is 0 Å². The average Bonchev–Trinajstić information content (AvgIpc) is 2.44. The van der Waals surface area contributed by atoms with Crippen LogP contribution in [0.2, 0.25) is 10.0 Å². The van der Waals surface area contributed by atoms with Crippen molar-refractivity contribution in [3.63, 3.8) is 0 Å². The molecule has 0 fully saturated rings. The Morgan fingerprint density at radius 3 is 2.43 bits per heavy atom. The lowest BCUT2D eigenvalue weighted by molar-refractivity contribution is 0.0692. The molecule has 0 saturated heterocycles. The molecule has 21 heavy (non-hydrogen) atoms. The summed E-state index contributed by atoms with van der Waals surface area (Å²) in [5, 5.41) is 14.3. The monoisotopic (exact) mass is 325 g/mol. The minimum absolute atomic E-state index is 0.0700. The summed E-state index contributed by atoms with van der Waals surface area (Å²) in [4.78, 5) is 26.5. The molecular weight excluding hydrogens is 317 g/mol. The van der Waals surface area contributed by atoms with Crippen molar-refractivity contribution in [1.29, 1.82) is 0 Å². The highest BCUT2D eigenvalue weighted by Gasteiger charge is 2.14. The zero-order chi connectivity index (χ0) is 15.4. The minimum atomic E-state index is -1.24. The average molecular weight is 326 g/mol. The molecule has 0 aliphatic carbocycles. The molecule has 0 aliphatic heterocycles. The predicted molar refractivity (Wildman–Crippen MR) is 80.3 cm³/mol. The zero-order valence-electron chi connectivity index (χ0n) is 10.4. The highest BCUT2D eigenvalue weighted by molar-refractivity contribution is 6.44. The Hall–Kier alpha value is -2.31. The normalized spacial score (nSPS) is 10.0. The van der Waals surface area contributed by atoms with E-state index < -0.39 is 12.0 Å². The van der Waals surface area contributed by atoms with Crippen LogP contribution in [-0.4, -0.2) is 22.1 Å². The number of anilines is 2. The molecule has 0 radical (unpaired) electrons. The summed E-state index contributed by atoms with van der Waals surface area (Å²) < 4.78 is 0. The molecule has 0 spiro atoms. The molecule has 1 aromatic carbocycles. The lowest BCUT2D eigenvalue weighted by Gasteiger charge is -2.10. The Kier molecular flexibility index (Phi) is 4.62. The quantitative estimate of drug-likeness (QED) is 0.801. The van der Waals surface area contributed by atoms with Crippen LogP contribution in [0.3, 0.4) is 0 Å². The lowest BCUT2D eigenvalue weighted by atomic mass is 10.3. The van der Waals surface area contributed by atoms with Crippen LogP contribution < -0.4 is 10.6 Å². The Morgan fingerprint density at radius 2 is 1.71 bits per heavy atom. The van der Waals surface area contributed by atoms with Crippen molar-refractivity contribution in [1.82, 2.24) is 4.98 Å². The molecule has 108 valence electrons. The number of amides is 2. The van der Waals surface area contributed by atoms with Gasteiger partial charge in [-0.15, -0.1) is 0 Å². The smallest absolute Gasteiger partial charge is 0.356 e. The Bertz CT molecular complexity index is 707.